The summed E-state index contributed by atoms with van der Waals surface area (Å²) in [5.74, 6) is 9.29. The van der Waals surface area contributed by atoms with Gasteiger partial charge in [-0.1, -0.05) is 101 Å². The van der Waals surface area contributed by atoms with Gasteiger partial charge < -0.3 is 37.9 Å². The molecule has 8 rings (SSSR count). The molecule has 4 aromatic carbocycles. The molecule has 4 heterocycles. The number of benzene rings is 4. The summed E-state index contributed by atoms with van der Waals surface area (Å²) in [4.78, 5) is 0. The first-order valence-corrected chi connectivity index (χ1v) is 25.8. The summed E-state index contributed by atoms with van der Waals surface area (Å²) in [7, 11) is 0. The van der Waals surface area contributed by atoms with Gasteiger partial charge in [-0.2, -0.15) is 0 Å². The average Bonchev–Trinajstić information content (AvgIpc) is 4.10. The van der Waals surface area contributed by atoms with E-state index in [0.29, 0.717) is 50.8 Å². The second kappa shape index (κ2) is 23.6. The minimum absolute atomic E-state index is 0.322. The molecule has 0 radical (unpaired) electrons. The lowest BCUT2D eigenvalue weighted by atomic mass is 9.78. The Labute approximate surface area is 389 Å². The first kappa shape index (κ1) is 45.2. The molecule has 8 nitrogen and oxygen atoms in total. The van der Waals surface area contributed by atoms with E-state index in [4.69, 9.17) is 37.9 Å². The molecule has 324 valence electrons. The highest BCUT2D eigenvalue weighted by Gasteiger charge is 2.26. The minimum atomic E-state index is 0.322. The smallest absolute Gasteiger partial charge is 0.231 e. The van der Waals surface area contributed by atoms with Crippen molar-refractivity contribution in [3.63, 3.8) is 0 Å². The molecule has 4 atom stereocenters. The molecule has 60 heavy (non-hydrogen) atoms. The predicted octanol–water partition coefficient (Wildman–Crippen LogP) is 13.0. The zero-order chi connectivity index (χ0) is 41.5. The maximum atomic E-state index is 5.60. The van der Waals surface area contributed by atoms with Crippen LogP contribution in [0.2, 0.25) is 0 Å². The van der Waals surface area contributed by atoms with E-state index in [1.165, 1.54) is 60.8 Å². The molecule has 0 fully saturated rings. The quantitative estimate of drug-likeness (QED) is 0.0569. The van der Waals surface area contributed by atoms with Crippen molar-refractivity contribution in [3.05, 3.63) is 95.1 Å². The van der Waals surface area contributed by atoms with E-state index in [1.807, 2.05) is 24.3 Å². The Morgan fingerprint density at radius 2 is 0.583 bits per heavy atom. The van der Waals surface area contributed by atoms with Crippen LogP contribution < -0.4 is 37.9 Å². The van der Waals surface area contributed by atoms with Gasteiger partial charge in [-0.05, 0) is 159 Å². The monoisotopic (exact) mass is 1080 g/mol. The summed E-state index contributed by atoms with van der Waals surface area (Å²) in [5.41, 5.74) is 5.30. The molecule has 0 spiro atoms. The molecule has 0 amide bonds. The normalized spacial score (nSPS) is 15.9. The maximum absolute atomic E-state index is 5.60. The summed E-state index contributed by atoms with van der Waals surface area (Å²) in [6, 6.07) is 25.6. The molecule has 0 saturated heterocycles. The van der Waals surface area contributed by atoms with Crippen LogP contribution in [0.3, 0.4) is 0 Å². The maximum Gasteiger partial charge on any atom is 0.231 e. The third-order valence-electron chi connectivity index (χ3n) is 11.9. The Hall–Kier alpha value is -2.80. The highest BCUT2D eigenvalue weighted by molar-refractivity contribution is 9.09. The van der Waals surface area contributed by atoms with Crippen LogP contribution in [0.4, 0.5) is 0 Å². The zero-order valence-electron chi connectivity index (χ0n) is 34.2. The van der Waals surface area contributed by atoms with Gasteiger partial charge in [-0.25, -0.2) is 0 Å². The number of unbranched alkanes of at least 4 members (excludes halogenated alkanes) is 2. The lowest BCUT2D eigenvalue weighted by Gasteiger charge is -2.28. The second-order valence-electron chi connectivity index (χ2n) is 15.9. The van der Waals surface area contributed by atoms with E-state index in [1.54, 1.807) is 0 Å². The molecule has 0 unspecified atom stereocenters. The number of alkyl halides is 4. The van der Waals surface area contributed by atoms with Gasteiger partial charge in [0.05, 0.1) is 0 Å². The molecular formula is C48H56Br4O8. The van der Waals surface area contributed by atoms with Crippen molar-refractivity contribution in [3.8, 4) is 46.0 Å². The molecule has 0 saturated carbocycles. The number of halogens is 4. The van der Waals surface area contributed by atoms with Gasteiger partial charge >= 0.3 is 0 Å². The van der Waals surface area contributed by atoms with E-state index in [0.717, 1.165) is 106 Å². The number of fused-ring (bicyclic) bond motifs is 4. The Morgan fingerprint density at radius 1 is 0.317 bits per heavy atom. The number of ether oxygens (including phenoxy) is 8. The second-order valence-corrected chi connectivity index (χ2v) is 19.1. The van der Waals surface area contributed by atoms with E-state index in [2.05, 4.69) is 112 Å². The van der Waals surface area contributed by atoms with Crippen LogP contribution in [0.5, 0.6) is 46.0 Å². The summed E-state index contributed by atoms with van der Waals surface area (Å²) in [5, 5.41) is 4.15. The Balaban J connectivity index is 0.000000181. The molecule has 4 aromatic rings. The van der Waals surface area contributed by atoms with Crippen LogP contribution in [-0.4, -0.2) is 48.5 Å². The topological polar surface area (TPSA) is 73.8 Å². The summed E-state index contributed by atoms with van der Waals surface area (Å²) in [6.45, 7) is 1.29. The summed E-state index contributed by atoms with van der Waals surface area (Å²) >= 11 is 14.6. The largest absolute Gasteiger partial charge is 0.454 e. The van der Waals surface area contributed by atoms with Crippen molar-refractivity contribution in [2.24, 2.45) is 23.7 Å². The molecule has 0 N–H and O–H groups in total. The Morgan fingerprint density at radius 3 is 0.850 bits per heavy atom. The molecule has 4 aliphatic heterocycles. The first-order chi connectivity index (χ1) is 29.5. The van der Waals surface area contributed by atoms with Crippen molar-refractivity contribution in [1.29, 1.82) is 0 Å². The van der Waals surface area contributed by atoms with E-state index in [-0.39, 0.29) is 0 Å². The average molecular weight is 1080 g/mol. The van der Waals surface area contributed by atoms with Crippen molar-refractivity contribution in [2.75, 3.05) is 48.5 Å². The number of hydrogen-bond acceptors (Lipinski definition) is 8. The van der Waals surface area contributed by atoms with Crippen LogP contribution in [0.15, 0.2) is 72.8 Å². The van der Waals surface area contributed by atoms with E-state index in [9.17, 15) is 0 Å². The van der Waals surface area contributed by atoms with Crippen molar-refractivity contribution in [1.82, 2.24) is 0 Å². The van der Waals surface area contributed by atoms with Crippen LogP contribution in [0, 0.1) is 23.7 Å². The zero-order valence-corrected chi connectivity index (χ0v) is 40.5. The van der Waals surface area contributed by atoms with Crippen molar-refractivity contribution >= 4 is 63.7 Å². The summed E-state index contributed by atoms with van der Waals surface area (Å²) in [6.07, 6.45) is 13.9. The van der Waals surface area contributed by atoms with Crippen molar-refractivity contribution in [2.45, 2.75) is 77.0 Å². The van der Waals surface area contributed by atoms with E-state index >= 15 is 0 Å². The predicted molar refractivity (Wildman–Crippen MR) is 251 cm³/mol. The molecule has 12 heteroatoms. The minimum Gasteiger partial charge on any atom is -0.454 e. The first-order valence-electron chi connectivity index (χ1n) is 21.3. The fourth-order valence-corrected chi connectivity index (χ4v) is 10.8. The lowest BCUT2D eigenvalue weighted by Crippen LogP contribution is -2.21. The molecule has 0 aliphatic carbocycles. The van der Waals surface area contributed by atoms with Crippen LogP contribution in [-0.2, 0) is 25.7 Å². The van der Waals surface area contributed by atoms with Gasteiger partial charge in [0.2, 0.25) is 27.2 Å². The van der Waals surface area contributed by atoms with Gasteiger partial charge in [-0.15, -0.1) is 0 Å². The van der Waals surface area contributed by atoms with Gasteiger partial charge in [0.25, 0.3) is 0 Å². The van der Waals surface area contributed by atoms with Gasteiger partial charge in [0, 0.05) is 21.3 Å². The molecule has 4 aliphatic rings. The Bertz CT molecular complexity index is 1820. The van der Waals surface area contributed by atoms with Crippen LogP contribution in [0.25, 0.3) is 0 Å². The van der Waals surface area contributed by atoms with Crippen LogP contribution in [0.1, 0.15) is 73.6 Å². The fraction of sp³-hybridized carbons (Fsp3) is 0.500. The fourth-order valence-electron chi connectivity index (χ4n) is 8.78. The van der Waals surface area contributed by atoms with Crippen molar-refractivity contribution < 1.29 is 37.9 Å². The highest BCUT2D eigenvalue weighted by atomic mass is 79.9. The van der Waals surface area contributed by atoms with E-state index < -0.39 is 0 Å². The third-order valence-corrected chi connectivity index (χ3v) is 14.0. The molecular weight excluding hydrogens is 1020 g/mol. The SMILES string of the molecule is BrCCCC[C@@H](Cc1ccc2c(c1)OCO2)[C@@H](CCBr)Cc1ccc2c(c1)OCO2.BrCCCC[C@H](Cc1ccc2c(c1)OCO2)[C@H](CCBr)Cc1ccc2c(c1)OCO2. The van der Waals surface area contributed by atoms with Gasteiger partial charge in [-0.3, -0.25) is 0 Å². The van der Waals surface area contributed by atoms with Crippen LogP contribution >= 0.6 is 63.7 Å². The van der Waals surface area contributed by atoms with Gasteiger partial charge in [0.1, 0.15) is 0 Å². The Kier molecular flexibility index (Phi) is 17.8. The highest BCUT2D eigenvalue weighted by Crippen LogP contribution is 2.40. The number of rotatable bonds is 22. The van der Waals surface area contributed by atoms with Gasteiger partial charge in [0.15, 0.2) is 46.0 Å². The number of hydrogen-bond donors (Lipinski definition) is 0. The lowest BCUT2D eigenvalue weighted by molar-refractivity contribution is 0.173. The summed E-state index contributed by atoms with van der Waals surface area (Å²) < 4.78 is 44.3. The third kappa shape index (κ3) is 12.7. The standard InChI is InChI=1S/2C24H28Br2O4/c2*25-9-2-1-3-19(11-17-4-6-21-23(13-17)29-15-27-21)20(8-10-26)12-18-5-7-22-24(14-18)30-16-28-22/h2*4-7,13-14,19-20H,1-3,8-12,15-16H2/t2*19-,20-/m10/s1. The molecule has 0 aromatic heterocycles. The molecule has 0 bridgehead atoms.